The van der Waals surface area contributed by atoms with Crippen molar-refractivity contribution in [1.82, 2.24) is 0 Å². The van der Waals surface area contributed by atoms with E-state index in [1.165, 1.54) is 6.92 Å². The fourth-order valence-electron chi connectivity index (χ4n) is 2.83. The van der Waals surface area contributed by atoms with Crippen molar-refractivity contribution in [3.8, 4) is 0 Å². The molecule has 0 saturated heterocycles. The molecule has 3 nitrogen and oxygen atoms in total. The molecule has 0 radical (unpaired) electrons. The number of benzene rings is 1. The van der Waals surface area contributed by atoms with E-state index in [1.54, 1.807) is 0 Å². The molecular formula is C19H24O3. The number of allylic oxidation sites excluding steroid dienone is 2. The Balaban J connectivity index is 2.30. The highest BCUT2D eigenvalue weighted by Crippen LogP contribution is 2.32. The number of carbonyl (C=O) groups excluding carboxylic acids is 2. The van der Waals surface area contributed by atoms with Crippen molar-refractivity contribution in [2.24, 2.45) is 5.41 Å². The Labute approximate surface area is 132 Å². The summed E-state index contributed by atoms with van der Waals surface area (Å²) < 4.78 is 5.43. The number of ketones is 1. The molecule has 0 unspecified atom stereocenters. The van der Waals surface area contributed by atoms with Crippen LogP contribution in [0, 0.1) is 5.41 Å². The van der Waals surface area contributed by atoms with Gasteiger partial charge in [0.1, 0.15) is 11.2 Å². The molecule has 0 bridgehead atoms. The van der Waals surface area contributed by atoms with E-state index in [0.717, 1.165) is 31.2 Å². The summed E-state index contributed by atoms with van der Waals surface area (Å²) in [6.07, 6.45) is 8.86. The number of rotatable bonds is 3. The van der Waals surface area contributed by atoms with Crippen LogP contribution < -0.4 is 0 Å². The molecule has 0 aromatic heterocycles. The van der Waals surface area contributed by atoms with Crippen molar-refractivity contribution in [3.05, 3.63) is 48.0 Å². The normalized spacial score (nSPS) is 24.9. The fourth-order valence-corrected chi connectivity index (χ4v) is 2.83. The van der Waals surface area contributed by atoms with E-state index in [1.807, 2.05) is 36.4 Å². The van der Waals surface area contributed by atoms with Crippen molar-refractivity contribution >= 4 is 11.8 Å². The Morgan fingerprint density at radius 3 is 2.64 bits per heavy atom. The first-order valence-electron chi connectivity index (χ1n) is 8.02. The minimum Gasteiger partial charge on any atom is -0.465 e. The second-order valence-electron chi connectivity index (χ2n) is 5.96. The van der Waals surface area contributed by atoms with Crippen LogP contribution in [0.1, 0.15) is 44.6 Å². The fraction of sp³-hybridized carbons (Fsp3) is 0.474. The first-order chi connectivity index (χ1) is 10.6. The SMILES string of the molecule is CC(=O)[C@@]1(Cc2ccccc2)C/C=C\CCCCCOC1=O. The van der Waals surface area contributed by atoms with Crippen molar-refractivity contribution in [2.45, 2.75) is 45.4 Å². The molecule has 3 heteroatoms. The van der Waals surface area contributed by atoms with Crippen LogP contribution in [0.4, 0.5) is 0 Å². The average molecular weight is 300 g/mol. The lowest BCUT2D eigenvalue weighted by Gasteiger charge is -2.28. The Kier molecular flexibility index (Phi) is 5.93. The molecule has 1 atom stereocenters. The van der Waals surface area contributed by atoms with E-state index in [2.05, 4.69) is 6.08 Å². The van der Waals surface area contributed by atoms with Crippen molar-refractivity contribution in [2.75, 3.05) is 6.61 Å². The van der Waals surface area contributed by atoms with Gasteiger partial charge in [0, 0.05) is 0 Å². The second-order valence-corrected chi connectivity index (χ2v) is 5.96. The molecule has 0 fully saturated rings. The van der Waals surface area contributed by atoms with Gasteiger partial charge in [0.15, 0.2) is 0 Å². The molecule has 0 amide bonds. The van der Waals surface area contributed by atoms with Gasteiger partial charge in [-0.2, -0.15) is 0 Å². The van der Waals surface area contributed by atoms with Gasteiger partial charge in [0.05, 0.1) is 6.61 Å². The highest BCUT2D eigenvalue weighted by Gasteiger charge is 2.43. The maximum absolute atomic E-state index is 12.6. The Morgan fingerprint density at radius 1 is 1.14 bits per heavy atom. The number of hydrogen-bond donors (Lipinski definition) is 0. The maximum Gasteiger partial charge on any atom is 0.320 e. The number of Topliss-reactive ketones (excluding diaryl/α,β-unsaturated/α-hetero) is 1. The van der Waals surface area contributed by atoms with Gasteiger partial charge >= 0.3 is 5.97 Å². The van der Waals surface area contributed by atoms with Crippen molar-refractivity contribution in [3.63, 3.8) is 0 Å². The van der Waals surface area contributed by atoms with E-state index in [-0.39, 0.29) is 11.8 Å². The van der Waals surface area contributed by atoms with Gasteiger partial charge in [-0.1, -0.05) is 42.5 Å². The van der Waals surface area contributed by atoms with E-state index < -0.39 is 5.41 Å². The van der Waals surface area contributed by atoms with Gasteiger partial charge in [-0.15, -0.1) is 0 Å². The van der Waals surface area contributed by atoms with E-state index in [4.69, 9.17) is 4.74 Å². The van der Waals surface area contributed by atoms with Crippen LogP contribution in [0.15, 0.2) is 42.5 Å². The van der Waals surface area contributed by atoms with Crippen LogP contribution in [-0.2, 0) is 20.7 Å². The van der Waals surface area contributed by atoms with E-state index >= 15 is 0 Å². The van der Waals surface area contributed by atoms with Gasteiger partial charge in [0.25, 0.3) is 0 Å². The van der Waals surface area contributed by atoms with Crippen LogP contribution in [0.5, 0.6) is 0 Å². The number of esters is 1. The lowest BCUT2D eigenvalue weighted by molar-refractivity contribution is -0.160. The van der Waals surface area contributed by atoms with Crippen LogP contribution in [0.3, 0.4) is 0 Å². The Hall–Kier alpha value is -1.90. The van der Waals surface area contributed by atoms with E-state index in [0.29, 0.717) is 19.4 Å². The summed E-state index contributed by atoms with van der Waals surface area (Å²) in [4.78, 5) is 25.0. The topological polar surface area (TPSA) is 43.4 Å². The molecule has 22 heavy (non-hydrogen) atoms. The summed E-state index contributed by atoms with van der Waals surface area (Å²) >= 11 is 0. The minimum absolute atomic E-state index is 0.120. The minimum atomic E-state index is -1.10. The Morgan fingerprint density at radius 2 is 1.91 bits per heavy atom. The van der Waals surface area contributed by atoms with Crippen LogP contribution >= 0.6 is 0 Å². The van der Waals surface area contributed by atoms with Crippen molar-refractivity contribution in [1.29, 1.82) is 0 Å². The summed E-state index contributed by atoms with van der Waals surface area (Å²) in [5.74, 6) is -0.499. The second kappa shape index (κ2) is 7.92. The zero-order valence-electron chi connectivity index (χ0n) is 13.2. The first-order valence-corrected chi connectivity index (χ1v) is 8.02. The summed E-state index contributed by atoms with van der Waals surface area (Å²) in [6, 6.07) is 9.68. The molecule has 1 aliphatic heterocycles. The maximum atomic E-state index is 12.6. The third kappa shape index (κ3) is 4.06. The highest BCUT2D eigenvalue weighted by molar-refractivity contribution is 6.03. The molecule has 0 spiro atoms. The van der Waals surface area contributed by atoms with Crippen molar-refractivity contribution < 1.29 is 14.3 Å². The standard InChI is InChI=1S/C19H24O3/c1-16(20)19(15-17-11-7-6-8-12-17)13-9-4-2-3-5-10-14-22-18(19)21/h4,6-9,11-12H,2-3,5,10,13-15H2,1H3/b9-4-/t19-/m0/s1. The van der Waals surface area contributed by atoms with E-state index in [9.17, 15) is 9.59 Å². The molecule has 1 aliphatic rings. The van der Waals surface area contributed by atoms with Crippen LogP contribution in [0.25, 0.3) is 0 Å². The molecule has 1 aromatic carbocycles. The number of ether oxygens (including phenoxy) is 1. The van der Waals surface area contributed by atoms with Crippen LogP contribution in [-0.4, -0.2) is 18.4 Å². The monoisotopic (exact) mass is 300 g/mol. The summed E-state index contributed by atoms with van der Waals surface area (Å²) in [6.45, 7) is 1.90. The third-order valence-electron chi connectivity index (χ3n) is 4.29. The molecule has 0 saturated carbocycles. The first kappa shape index (κ1) is 16.5. The number of carbonyl (C=O) groups is 2. The zero-order valence-corrected chi connectivity index (χ0v) is 13.2. The molecule has 0 N–H and O–H groups in total. The van der Waals surface area contributed by atoms with Gasteiger partial charge in [-0.25, -0.2) is 0 Å². The molecule has 1 heterocycles. The Bertz CT molecular complexity index is 533. The lowest BCUT2D eigenvalue weighted by Crippen LogP contribution is -2.41. The highest BCUT2D eigenvalue weighted by atomic mass is 16.5. The molecule has 0 aliphatic carbocycles. The average Bonchev–Trinajstić information content (AvgIpc) is 2.55. The molecule has 118 valence electrons. The molecular weight excluding hydrogens is 276 g/mol. The van der Waals surface area contributed by atoms with Gasteiger partial charge in [-0.05, 0) is 51.0 Å². The third-order valence-corrected chi connectivity index (χ3v) is 4.29. The number of cyclic esters (lactones) is 1. The quantitative estimate of drug-likeness (QED) is 0.483. The lowest BCUT2D eigenvalue weighted by atomic mass is 9.75. The van der Waals surface area contributed by atoms with Gasteiger partial charge in [-0.3, -0.25) is 9.59 Å². The van der Waals surface area contributed by atoms with Gasteiger partial charge in [0.2, 0.25) is 0 Å². The molecule has 2 rings (SSSR count). The van der Waals surface area contributed by atoms with Gasteiger partial charge < -0.3 is 4.74 Å². The zero-order chi connectivity index (χ0) is 15.8. The summed E-state index contributed by atoms with van der Waals surface area (Å²) in [5, 5.41) is 0. The predicted octanol–water partition coefficient (Wildman–Crippen LogP) is 3.87. The molecule has 1 aromatic rings. The smallest absolute Gasteiger partial charge is 0.320 e. The van der Waals surface area contributed by atoms with Crippen LogP contribution in [0.2, 0.25) is 0 Å². The number of hydrogen-bond acceptors (Lipinski definition) is 3. The summed E-state index contributed by atoms with van der Waals surface area (Å²) in [7, 11) is 0. The largest absolute Gasteiger partial charge is 0.465 e. The summed E-state index contributed by atoms with van der Waals surface area (Å²) in [5.41, 5.74) is -0.111. The predicted molar refractivity (Wildman–Crippen MR) is 86.4 cm³/mol.